The molecule has 0 heterocycles. The van der Waals surface area contributed by atoms with Gasteiger partial charge in [-0.2, -0.15) is 0 Å². The van der Waals surface area contributed by atoms with Gasteiger partial charge in [0.1, 0.15) is 0 Å². The molecule has 4 nitrogen and oxygen atoms in total. The van der Waals surface area contributed by atoms with Crippen molar-refractivity contribution in [1.29, 1.82) is 0 Å². The fourth-order valence-electron chi connectivity index (χ4n) is 0.957. The normalized spacial score (nSPS) is 12.2. The van der Waals surface area contributed by atoms with E-state index in [-0.39, 0.29) is 59.1 Å². The summed E-state index contributed by atoms with van der Waals surface area (Å²) in [4.78, 5) is 21.3. The minimum atomic E-state index is -4.53. The first kappa shape index (κ1) is 18.5. The topological polar surface area (TPSA) is 89.2 Å². The Balaban J connectivity index is 0. The molecule has 1 aromatic carbocycles. The fourth-order valence-corrected chi connectivity index (χ4v) is 1.49. The van der Waals surface area contributed by atoms with Crippen molar-refractivity contribution in [3.8, 4) is 0 Å². The summed E-state index contributed by atoms with van der Waals surface area (Å²) in [5.74, 6) is 0. The van der Waals surface area contributed by atoms with Gasteiger partial charge in [0.05, 0.1) is 0 Å². The zero-order valence-corrected chi connectivity index (χ0v) is 14.0. The molecule has 0 aliphatic rings. The van der Waals surface area contributed by atoms with E-state index in [4.69, 9.17) is 5.73 Å². The van der Waals surface area contributed by atoms with E-state index >= 15 is 0 Å². The van der Waals surface area contributed by atoms with Gasteiger partial charge in [0, 0.05) is 11.3 Å². The largest absolute Gasteiger partial charge is 1.00 e. The first-order valence-electron chi connectivity index (χ1n) is 3.78. The zero-order valence-electron chi connectivity index (χ0n) is 9.14. The Hall–Kier alpha value is 1.17. The van der Waals surface area contributed by atoms with Crippen LogP contribution in [0.25, 0.3) is 0 Å². The van der Waals surface area contributed by atoms with Gasteiger partial charge in [0.2, 0.25) is 0 Å². The molecule has 2 N–H and O–H groups in total. The minimum absolute atomic E-state index is 0. The van der Waals surface area contributed by atoms with Crippen molar-refractivity contribution in [1.82, 2.24) is 0 Å². The molecule has 1 rings (SSSR count). The van der Waals surface area contributed by atoms with E-state index in [2.05, 4.69) is 0 Å². The first-order valence-corrected chi connectivity index (χ1v) is 5.39. The molecule has 0 radical (unpaired) electrons. The maximum Gasteiger partial charge on any atom is 1.00 e. The van der Waals surface area contributed by atoms with E-state index < -0.39 is 13.3 Å². The number of rotatable bonds is 2. The quantitative estimate of drug-likeness (QED) is 0.319. The van der Waals surface area contributed by atoms with E-state index in [1.165, 1.54) is 6.92 Å². The van der Waals surface area contributed by atoms with Gasteiger partial charge in [-0.3, -0.25) is 0 Å². The molecule has 0 aromatic heterocycles. The average molecular weight is 245 g/mol. The Labute approximate surface area is 133 Å². The maximum atomic E-state index is 10.7. The van der Waals surface area contributed by atoms with Crippen LogP contribution in [0.15, 0.2) is 24.3 Å². The number of nitrogens with two attached hydrogens (primary N) is 1. The second kappa shape index (κ2) is 7.49. The van der Waals surface area contributed by atoms with Crippen LogP contribution in [0.5, 0.6) is 0 Å². The van der Waals surface area contributed by atoms with Crippen molar-refractivity contribution in [2.45, 2.75) is 12.6 Å². The standard InChI is InChI=1S/C8H12NO3P.2Na/c1-6(13(10,11)12)7-2-4-8(9)5-3-7;;/h2-6H,9H2,1H3,(H2,10,11,12);;/q;2*+1/p-2. The molecule has 0 aliphatic carbocycles. The van der Waals surface area contributed by atoms with E-state index in [0.717, 1.165) is 0 Å². The molecule has 0 fully saturated rings. The van der Waals surface area contributed by atoms with Crippen LogP contribution in [0.2, 0.25) is 0 Å². The van der Waals surface area contributed by atoms with Gasteiger partial charge in [-0.1, -0.05) is 26.7 Å². The van der Waals surface area contributed by atoms with Crippen LogP contribution >= 0.6 is 7.60 Å². The molecule has 0 aliphatic heterocycles. The van der Waals surface area contributed by atoms with E-state index in [1.54, 1.807) is 24.3 Å². The van der Waals surface area contributed by atoms with Gasteiger partial charge in [-0.15, -0.1) is 0 Å². The van der Waals surface area contributed by atoms with E-state index in [1.807, 2.05) is 0 Å². The summed E-state index contributed by atoms with van der Waals surface area (Å²) in [6, 6.07) is 6.23. The Morgan fingerprint density at radius 2 is 1.60 bits per heavy atom. The van der Waals surface area contributed by atoms with Crippen molar-refractivity contribution in [3.63, 3.8) is 0 Å². The van der Waals surface area contributed by atoms with Crippen molar-refractivity contribution in [3.05, 3.63) is 29.8 Å². The molecule has 1 unspecified atom stereocenters. The smallest absolute Gasteiger partial charge is 0.810 e. The minimum Gasteiger partial charge on any atom is -0.810 e. The Morgan fingerprint density at radius 1 is 1.20 bits per heavy atom. The monoisotopic (exact) mass is 245 g/mol. The molecule has 7 heteroatoms. The van der Waals surface area contributed by atoms with E-state index in [9.17, 15) is 14.4 Å². The number of benzene rings is 1. The van der Waals surface area contributed by atoms with Gasteiger partial charge in [-0.25, -0.2) is 0 Å². The van der Waals surface area contributed by atoms with Crippen LogP contribution in [-0.2, 0) is 4.57 Å². The first-order chi connectivity index (χ1) is 5.91. The predicted octanol–water partition coefficient (Wildman–Crippen LogP) is -5.75. The van der Waals surface area contributed by atoms with Crippen LogP contribution in [0.4, 0.5) is 5.69 Å². The van der Waals surface area contributed by atoms with Crippen LogP contribution in [0.1, 0.15) is 18.1 Å². The summed E-state index contributed by atoms with van der Waals surface area (Å²) in [7, 11) is -4.53. The second-order valence-corrected chi connectivity index (χ2v) is 4.74. The van der Waals surface area contributed by atoms with Gasteiger partial charge in [-0.05, 0) is 17.7 Å². The zero-order chi connectivity index (χ0) is 10.1. The molecule has 0 saturated carbocycles. The Bertz CT molecular complexity index is 338. The third-order valence-corrected chi connectivity index (χ3v) is 3.14. The van der Waals surface area contributed by atoms with Crippen LogP contribution in [-0.4, -0.2) is 0 Å². The van der Waals surface area contributed by atoms with Gasteiger partial charge >= 0.3 is 59.1 Å². The van der Waals surface area contributed by atoms with Crippen molar-refractivity contribution >= 4 is 13.3 Å². The molecular weight excluding hydrogens is 235 g/mol. The van der Waals surface area contributed by atoms with Crippen LogP contribution in [0, 0.1) is 0 Å². The third-order valence-electron chi connectivity index (χ3n) is 1.89. The Kier molecular flexibility index (Phi) is 9.25. The van der Waals surface area contributed by atoms with Crippen LogP contribution < -0.4 is 74.6 Å². The van der Waals surface area contributed by atoms with Crippen molar-refractivity contribution in [2.75, 3.05) is 5.73 Å². The molecule has 0 saturated heterocycles. The molecule has 15 heavy (non-hydrogen) atoms. The number of nitrogen functional groups attached to an aromatic ring is 1. The number of hydrogen-bond acceptors (Lipinski definition) is 4. The maximum absolute atomic E-state index is 10.7. The summed E-state index contributed by atoms with van der Waals surface area (Å²) in [5.41, 5.74) is 5.44. The molecule has 0 bridgehead atoms. The van der Waals surface area contributed by atoms with E-state index in [0.29, 0.717) is 11.3 Å². The number of hydrogen-bond donors (Lipinski definition) is 1. The van der Waals surface area contributed by atoms with Gasteiger partial charge in [0.25, 0.3) is 0 Å². The predicted molar refractivity (Wildman–Crippen MR) is 46.9 cm³/mol. The fraction of sp³-hybridized carbons (Fsp3) is 0.250. The summed E-state index contributed by atoms with van der Waals surface area (Å²) in [6.07, 6.45) is 0. The molecule has 0 amide bonds. The molecule has 1 aromatic rings. The average Bonchev–Trinajstić information content (AvgIpc) is 2.03. The summed E-state index contributed by atoms with van der Waals surface area (Å²) < 4.78 is 10.7. The van der Waals surface area contributed by atoms with Crippen molar-refractivity contribution in [2.24, 2.45) is 0 Å². The molecule has 1 atom stereocenters. The molecule has 72 valence electrons. The SMILES string of the molecule is CC(c1ccc(N)cc1)P(=O)([O-])[O-].[Na+].[Na+]. The van der Waals surface area contributed by atoms with Gasteiger partial charge < -0.3 is 20.1 Å². The Morgan fingerprint density at radius 3 is 1.93 bits per heavy atom. The second-order valence-electron chi connectivity index (χ2n) is 2.88. The number of anilines is 1. The van der Waals surface area contributed by atoms with Crippen LogP contribution in [0.3, 0.4) is 0 Å². The summed E-state index contributed by atoms with van der Waals surface area (Å²) in [5, 5.41) is 0. The molecule has 0 spiro atoms. The van der Waals surface area contributed by atoms with Gasteiger partial charge in [0.15, 0.2) is 0 Å². The van der Waals surface area contributed by atoms with Crippen molar-refractivity contribution < 1.29 is 73.5 Å². The molecular formula is C8H10NNa2O3P. The summed E-state index contributed by atoms with van der Waals surface area (Å²) in [6.45, 7) is 1.37. The third kappa shape index (κ3) is 5.87. The summed E-state index contributed by atoms with van der Waals surface area (Å²) >= 11 is 0.